The van der Waals surface area contributed by atoms with Crippen LogP contribution in [-0.4, -0.2) is 28.0 Å². The van der Waals surface area contributed by atoms with Gasteiger partial charge in [-0.1, -0.05) is 0 Å². The number of halogens is 2. The molecule has 1 heterocycles. The molecule has 0 radical (unpaired) electrons. The molecule has 0 unspecified atom stereocenters. The van der Waals surface area contributed by atoms with Crippen molar-refractivity contribution in [3.63, 3.8) is 0 Å². The number of hydrogen-bond acceptors (Lipinski definition) is 6. The first-order valence-electron chi connectivity index (χ1n) is 7.83. The SMILES string of the molecule is CN1C(=O)S/C(=C\c2cc(Br)c(OCc3ccc([N+](=O)[O-])cc3)c(I)c2)C1=O. The molecule has 144 valence electrons. The molecule has 0 N–H and O–H groups in total. The number of carbonyl (C=O) groups is 2. The lowest BCUT2D eigenvalue weighted by Gasteiger charge is -2.11. The number of rotatable bonds is 5. The first-order valence-corrected chi connectivity index (χ1v) is 10.5. The number of ether oxygens (including phenoxy) is 1. The maximum absolute atomic E-state index is 12.0. The minimum atomic E-state index is -0.448. The third-order valence-corrected chi connectivity index (χ3v) is 6.19. The fraction of sp³-hybridized carbons (Fsp3) is 0.111. The minimum Gasteiger partial charge on any atom is -0.487 e. The van der Waals surface area contributed by atoms with Gasteiger partial charge < -0.3 is 4.74 Å². The molecule has 1 aliphatic rings. The lowest BCUT2D eigenvalue weighted by Crippen LogP contribution is -2.22. The van der Waals surface area contributed by atoms with Gasteiger partial charge in [-0.15, -0.1) is 0 Å². The van der Waals surface area contributed by atoms with Gasteiger partial charge in [0.25, 0.3) is 16.8 Å². The highest BCUT2D eigenvalue weighted by molar-refractivity contribution is 14.1. The number of carbonyl (C=O) groups excluding carboxylic acids is 2. The van der Waals surface area contributed by atoms with Crippen LogP contribution in [0.4, 0.5) is 10.5 Å². The molecule has 1 saturated heterocycles. The molecule has 10 heteroatoms. The highest BCUT2D eigenvalue weighted by atomic mass is 127. The summed E-state index contributed by atoms with van der Waals surface area (Å²) in [5.74, 6) is 0.305. The third-order valence-electron chi connectivity index (χ3n) is 3.84. The molecule has 2 aromatic rings. The zero-order chi connectivity index (χ0) is 20.4. The van der Waals surface area contributed by atoms with E-state index in [1.165, 1.54) is 19.2 Å². The summed E-state index contributed by atoms with van der Waals surface area (Å²) >= 11 is 6.50. The average Bonchev–Trinajstić information content (AvgIpc) is 2.88. The summed E-state index contributed by atoms with van der Waals surface area (Å²) in [6.07, 6.45) is 1.67. The number of benzene rings is 2. The zero-order valence-corrected chi connectivity index (χ0v) is 18.9. The summed E-state index contributed by atoms with van der Waals surface area (Å²) in [4.78, 5) is 35.3. The van der Waals surface area contributed by atoms with E-state index in [4.69, 9.17) is 4.74 Å². The Morgan fingerprint density at radius 3 is 2.50 bits per heavy atom. The van der Waals surface area contributed by atoms with Crippen molar-refractivity contribution in [3.8, 4) is 5.75 Å². The van der Waals surface area contributed by atoms with Crippen molar-refractivity contribution >= 4 is 73.2 Å². The van der Waals surface area contributed by atoms with Gasteiger partial charge >= 0.3 is 0 Å². The Kier molecular flexibility index (Phi) is 6.40. The predicted octanol–water partition coefficient (Wildman–Crippen LogP) is 5.21. The van der Waals surface area contributed by atoms with Crippen molar-refractivity contribution in [1.29, 1.82) is 0 Å². The summed E-state index contributed by atoms with van der Waals surface area (Å²) in [5.41, 5.74) is 1.59. The Morgan fingerprint density at radius 2 is 1.96 bits per heavy atom. The van der Waals surface area contributed by atoms with E-state index >= 15 is 0 Å². The Morgan fingerprint density at radius 1 is 1.29 bits per heavy atom. The van der Waals surface area contributed by atoms with Crippen LogP contribution in [0.1, 0.15) is 11.1 Å². The quantitative estimate of drug-likeness (QED) is 0.211. The second-order valence-corrected chi connectivity index (χ2v) is 8.78. The van der Waals surface area contributed by atoms with Crippen molar-refractivity contribution < 1.29 is 19.2 Å². The molecular weight excluding hydrogens is 563 g/mol. The van der Waals surface area contributed by atoms with E-state index in [2.05, 4.69) is 38.5 Å². The topological polar surface area (TPSA) is 89.8 Å². The zero-order valence-electron chi connectivity index (χ0n) is 14.3. The molecule has 0 aromatic heterocycles. The van der Waals surface area contributed by atoms with Crippen LogP contribution < -0.4 is 4.74 Å². The highest BCUT2D eigenvalue weighted by Gasteiger charge is 2.31. The molecule has 0 aliphatic carbocycles. The summed E-state index contributed by atoms with van der Waals surface area (Å²) in [6.45, 7) is 0.251. The maximum atomic E-state index is 12.0. The van der Waals surface area contributed by atoms with E-state index in [9.17, 15) is 19.7 Å². The summed E-state index contributed by atoms with van der Waals surface area (Å²) in [6, 6.07) is 9.81. The molecule has 0 atom stereocenters. The predicted molar refractivity (Wildman–Crippen MR) is 118 cm³/mol. The molecular formula is C18H12BrIN2O5S. The molecule has 28 heavy (non-hydrogen) atoms. The van der Waals surface area contributed by atoms with E-state index in [1.54, 1.807) is 24.3 Å². The Bertz CT molecular complexity index is 987. The van der Waals surface area contributed by atoms with E-state index < -0.39 is 4.92 Å². The minimum absolute atomic E-state index is 0.0281. The molecule has 3 rings (SSSR count). The number of amides is 2. The van der Waals surface area contributed by atoms with Gasteiger partial charge in [0.05, 0.1) is 17.9 Å². The summed E-state index contributed by atoms with van der Waals surface area (Å²) < 4.78 is 7.37. The van der Waals surface area contributed by atoms with Crippen molar-refractivity contribution in [3.05, 3.63) is 70.6 Å². The lowest BCUT2D eigenvalue weighted by atomic mass is 10.2. The molecule has 0 spiro atoms. The van der Waals surface area contributed by atoms with Gasteiger partial charge in [-0.2, -0.15) is 0 Å². The Hall–Kier alpha value is -1.92. The summed E-state index contributed by atoms with van der Waals surface area (Å²) in [5, 5.41) is 10.4. The fourth-order valence-corrected chi connectivity index (χ4v) is 4.96. The molecule has 2 amide bonds. The van der Waals surface area contributed by atoms with Crippen molar-refractivity contribution in [2.45, 2.75) is 6.61 Å². The van der Waals surface area contributed by atoms with Gasteiger partial charge in [0, 0.05) is 19.2 Å². The van der Waals surface area contributed by atoms with Gasteiger partial charge in [-0.05, 0) is 91.8 Å². The summed E-state index contributed by atoms with van der Waals surface area (Å²) in [7, 11) is 1.45. The average molecular weight is 575 g/mol. The van der Waals surface area contributed by atoms with Crippen molar-refractivity contribution in [1.82, 2.24) is 4.90 Å². The fourth-order valence-electron chi connectivity index (χ4n) is 2.37. The Balaban J connectivity index is 1.76. The van der Waals surface area contributed by atoms with Crippen LogP contribution >= 0.6 is 50.3 Å². The van der Waals surface area contributed by atoms with E-state index in [0.29, 0.717) is 15.1 Å². The number of thioether (sulfide) groups is 1. The largest absolute Gasteiger partial charge is 0.487 e. The third kappa shape index (κ3) is 4.55. The van der Waals surface area contributed by atoms with Crippen molar-refractivity contribution in [2.24, 2.45) is 0 Å². The van der Waals surface area contributed by atoms with Crippen LogP contribution in [0.3, 0.4) is 0 Å². The van der Waals surface area contributed by atoms with Gasteiger partial charge in [-0.3, -0.25) is 24.6 Å². The van der Waals surface area contributed by atoms with Crippen LogP contribution in [0, 0.1) is 13.7 Å². The van der Waals surface area contributed by atoms with Gasteiger partial charge in [0.1, 0.15) is 12.4 Å². The van der Waals surface area contributed by atoms with Crippen LogP contribution in [-0.2, 0) is 11.4 Å². The molecule has 0 saturated carbocycles. The molecule has 1 aliphatic heterocycles. The van der Waals surface area contributed by atoms with E-state index in [-0.39, 0.29) is 23.4 Å². The molecule has 2 aromatic carbocycles. The second kappa shape index (κ2) is 8.62. The van der Waals surface area contributed by atoms with Gasteiger partial charge in [0.15, 0.2) is 0 Å². The monoisotopic (exact) mass is 574 g/mol. The standard InChI is InChI=1S/C18H12BrIN2O5S/c1-21-17(23)15(28-18(21)24)8-11-6-13(19)16(14(20)7-11)27-9-10-2-4-12(5-3-10)22(25)26/h2-8H,9H2,1H3/b15-8-. The first kappa shape index (κ1) is 20.8. The highest BCUT2D eigenvalue weighted by Crippen LogP contribution is 2.36. The van der Waals surface area contributed by atoms with Crippen LogP contribution in [0.15, 0.2) is 45.8 Å². The van der Waals surface area contributed by atoms with Crippen molar-refractivity contribution in [2.75, 3.05) is 7.05 Å². The normalized spacial score (nSPS) is 15.4. The molecule has 1 fully saturated rings. The number of likely N-dealkylation sites (N-methyl/N-ethyl adjacent to an activating group) is 1. The van der Waals surface area contributed by atoms with Crippen LogP contribution in [0.25, 0.3) is 6.08 Å². The number of non-ortho nitro benzene ring substituents is 1. The number of hydrogen-bond donors (Lipinski definition) is 0. The van der Waals surface area contributed by atoms with E-state index in [0.717, 1.165) is 31.4 Å². The second-order valence-electron chi connectivity index (χ2n) is 5.77. The van der Waals surface area contributed by atoms with Crippen LogP contribution in [0.2, 0.25) is 0 Å². The first-order chi connectivity index (χ1) is 13.3. The van der Waals surface area contributed by atoms with Crippen LogP contribution in [0.5, 0.6) is 5.75 Å². The Labute approximate surface area is 186 Å². The van der Waals surface area contributed by atoms with E-state index in [1.807, 2.05) is 6.07 Å². The van der Waals surface area contributed by atoms with Gasteiger partial charge in [-0.25, -0.2) is 0 Å². The molecule has 0 bridgehead atoms. The van der Waals surface area contributed by atoms with Gasteiger partial charge in [0.2, 0.25) is 0 Å². The number of imide groups is 1. The number of nitro benzene ring substituents is 1. The number of nitro groups is 1. The number of nitrogens with zero attached hydrogens (tertiary/aromatic N) is 2. The maximum Gasteiger partial charge on any atom is 0.293 e. The lowest BCUT2D eigenvalue weighted by molar-refractivity contribution is -0.384. The smallest absolute Gasteiger partial charge is 0.293 e. The molecule has 7 nitrogen and oxygen atoms in total.